The maximum absolute atomic E-state index is 14.1. The smallest absolute Gasteiger partial charge is 0.407 e. The molecule has 6 heterocycles. The number of tetrazole rings is 2. The fraction of sp³-hybridized carbons (Fsp3) is 0.400. The van der Waals surface area contributed by atoms with Gasteiger partial charge in [-0.25, -0.2) is 19.6 Å². The van der Waals surface area contributed by atoms with Crippen molar-refractivity contribution in [2.24, 2.45) is 5.92 Å². The molecule has 2 aromatic carbocycles. The molecule has 6 atom stereocenters. The van der Waals surface area contributed by atoms with E-state index in [0.717, 1.165) is 59.3 Å². The molecule has 62 heavy (non-hydrogen) atoms. The first-order valence-electron chi connectivity index (χ1n) is 20.3. The maximum Gasteiger partial charge on any atom is 0.407 e. The zero-order chi connectivity index (χ0) is 42.7. The second-order valence-electron chi connectivity index (χ2n) is 15.6. The minimum Gasteiger partial charge on any atom is -0.453 e. The van der Waals surface area contributed by atoms with Crippen molar-refractivity contribution in [3.8, 4) is 33.6 Å². The molecule has 1 aliphatic carbocycles. The molecule has 9 rings (SSSR count). The summed E-state index contributed by atoms with van der Waals surface area (Å²) in [7, 11) is 2.49. The Morgan fingerprint density at radius 2 is 1.24 bits per heavy atom. The summed E-state index contributed by atoms with van der Waals surface area (Å²) in [5.74, 6) is 1.65. The SMILES string of the molecule is COC(=O)N[C@@H](Cc1nn[nH]n1)C(=O)N1CCC[C@H]1c1ncc(-c2ccc(-c3ccc(-c4cnc([C@H]5[C@H]6CC[C@@H](C6)N5C(=O)[C@@H](Cc5nn[nH]n5)NC(=O)OC)[nH]4)cc3)cc2)[nH]1. The number of likely N-dealkylation sites (tertiary alicyclic amines) is 2. The van der Waals surface area contributed by atoms with E-state index in [1.807, 2.05) is 41.3 Å². The fourth-order valence-corrected chi connectivity index (χ4v) is 9.03. The Morgan fingerprint density at radius 3 is 1.79 bits per heavy atom. The second kappa shape index (κ2) is 17.2. The monoisotopic (exact) mass is 844 g/mol. The minimum atomic E-state index is -0.947. The average Bonchev–Trinajstić information content (AvgIpc) is 4.16. The van der Waals surface area contributed by atoms with Crippen LogP contribution in [0, 0.1) is 5.92 Å². The van der Waals surface area contributed by atoms with E-state index in [0.29, 0.717) is 30.4 Å². The van der Waals surface area contributed by atoms with Crippen molar-refractivity contribution in [2.75, 3.05) is 20.8 Å². The van der Waals surface area contributed by atoms with Crippen molar-refractivity contribution in [1.82, 2.24) is 81.6 Å². The number of H-pyrrole nitrogens is 4. The standard InChI is InChI=1S/C40H44N16O6/c1-61-39(59)45-27(17-32-47-51-52-48-32)37(57)55-15-3-4-31(55)35-41-19-29(43-35)23-9-5-21(6-10-23)22-7-11-24(12-8-22)30-20-42-36(44-30)34-25-13-14-26(16-25)56(34)38(58)28(46-40(60)62-2)18-33-49-53-54-50-33/h5-12,19-20,25-28,31,34H,3-4,13-18H2,1-2H3,(H,41,43)(H,42,44)(H,45,59)(H,46,60)(H,47,48,51,52)(H,49,50,53,54)/t25-,26-,27-,28+,31-,34+/m0/s1. The van der Waals surface area contributed by atoms with Crippen LogP contribution in [0.25, 0.3) is 33.6 Å². The molecule has 3 aliphatic rings. The molecule has 1 saturated carbocycles. The van der Waals surface area contributed by atoms with Crippen LogP contribution < -0.4 is 10.6 Å². The average molecular weight is 845 g/mol. The lowest BCUT2D eigenvalue weighted by Crippen LogP contribution is -2.52. The summed E-state index contributed by atoms with van der Waals surface area (Å²) in [6.07, 6.45) is 6.42. The van der Waals surface area contributed by atoms with Crippen LogP contribution >= 0.6 is 0 Å². The van der Waals surface area contributed by atoms with Gasteiger partial charge in [-0.2, -0.15) is 10.4 Å². The molecular formula is C40H44N16O6. The number of methoxy groups -OCH3 is 2. The number of rotatable bonds is 13. The van der Waals surface area contributed by atoms with E-state index in [9.17, 15) is 19.2 Å². The normalized spacial score (nSPS) is 20.2. The maximum atomic E-state index is 14.1. The molecule has 0 unspecified atom stereocenters. The number of carbonyl (C=O) groups excluding carboxylic acids is 4. The quantitative estimate of drug-likeness (QED) is 0.0976. The van der Waals surface area contributed by atoms with Gasteiger partial charge in [0.05, 0.1) is 50.1 Å². The highest BCUT2D eigenvalue weighted by atomic mass is 16.5. The zero-order valence-electron chi connectivity index (χ0n) is 33.8. The minimum absolute atomic E-state index is 0.0268. The number of ether oxygens (including phenoxy) is 2. The van der Waals surface area contributed by atoms with Gasteiger partial charge in [-0.05, 0) is 60.3 Å². The first kappa shape index (κ1) is 39.9. The number of hydrogen-bond acceptors (Lipinski definition) is 14. The van der Waals surface area contributed by atoms with E-state index in [1.54, 1.807) is 17.3 Å². The molecule has 0 radical (unpaired) electrons. The molecule has 3 fully saturated rings. The zero-order valence-corrected chi connectivity index (χ0v) is 33.8. The van der Waals surface area contributed by atoms with E-state index in [2.05, 4.69) is 79.0 Å². The number of hydrogen-bond donors (Lipinski definition) is 6. The Bertz CT molecular complexity index is 2500. The molecule has 22 heteroatoms. The molecule has 4 amide bonds. The molecular weight excluding hydrogens is 801 g/mol. The summed E-state index contributed by atoms with van der Waals surface area (Å²) < 4.78 is 9.58. The highest BCUT2D eigenvalue weighted by molar-refractivity contribution is 5.87. The molecule has 0 spiro atoms. The van der Waals surface area contributed by atoms with Crippen LogP contribution in [0.5, 0.6) is 0 Å². The molecule has 320 valence electrons. The van der Waals surface area contributed by atoms with Crippen LogP contribution in [0.15, 0.2) is 60.9 Å². The predicted molar refractivity (Wildman–Crippen MR) is 216 cm³/mol. The third kappa shape index (κ3) is 8.05. The van der Waals surface area contributed by atoms with Crippen LogP contribution in [0.3, 0.4) is 0 Å². The summed E-state index contributed by atoms with van der Waals surface area (Å²) in [6, 6.07) is 13.9. The molecule has 2 aliphatic heterocycles. The van der Waals surface area contributed by atoms with Gasteiger partial charge in [-0.1, -0.05) is 59.0 Å². The van der Waals surface area contributed by atoms with E-state index < -0.39 is 24.3 Å². The largest absolute Gasteiger partial charge is 0.453 e. The van der Waals surface area contributed by atoms with Crippen molar-refractivity contribution in [2.45, 2.75) is 75.2 Å². The lowest BCUT2D eigenvalue weighted by molar-refractivity contribution is -0.138. The van der Waals surface area contributed by atoms with Gasteiger partial charge in [-0.15, -0.1) is 20.4 Å². The van der Waals surface area contributed by atoms with Gasteiger partial charge in [0.25, 0.3) is 0 Å². The highest BCUT2D eigenvalue weighted by Crippen LogP contribution is 2.50. The number of benzene rings is 2. The molecule has 4 aromatic heterocycles. The number of alkyl carbamates (subject to hydrolysis) is 2. The van der Waals surface area contributed by atoms with Gasteiger partial charge >= 0.3 is 12.2 Å². The van der Waals surface area contributed by atoms with Crippen molar-refractivity contribution < 1.29 is 28.7 Å². The topological polar surface area (TPSA) is 284 Å². The van der Waals surface area contributed by atoms with Crippen molar-refractivity contribution in [1.29, 1.82) is 0 Å². The fourth-order valence-electron chi connectivity index (χ4n) is 9.03. The first-order valence-corrected chi connectivity index (χ1v) is 20.3. The summed E-state index contributed by atoms with van der Waals surface area (Å²) >= 11 is 0. The number of imidazole rings is 2. The van der Waals surface area contributed by atoms with Crippen molar-refractivity contribution in [3.05, 3.63) is 84.2 Å². The van der Waals surface area contributed by atoms with Crippen LogP contribution in [-0.2, 0) is 31.9 Å². The lowest BCUT2D eigenvalue weighted by Gasteiger charge is -2.36. The molecule has 22 nitrogen and oxygen atoms in total. The Kier molecular flexibility index (Phi) is 11.1. The second-order valence-corrected chi connectivity index (χ2v) is 15.6. The highest BCUT2D eigenvalue weighted by Gasteiger charge is 2.51. The van der Waals surface area contributed by atoms with Crippen LogP contribution in [-0.4, -0.2) is 134 Å². The number of aromatic amines is 4. The summed E-state index contributed by atoms with van der Waals surface area (Å²) in [5, 5.41) is 33.0. The number of aromatic nitrogens is 12. The molecule has 6 aromatic rings. The van der Waals surface area contributed by atoms with Gasteiger partial charge in [0.15, 0.2) is 11.6 Å². The summed E-state index contributed by atoms with van der Waals surface area (Å²) in [6.45, 7) is 0.504. The number of nitrogens with zero attached hydrogens (tertiary/aromatic N) is 10. The molecule has 6 N–H and O–H groups in total. The van der Waals surface area contributed by atoms with Crippen LogP contribution in [0.4, 0.5) is 9.59 Å². The van der Waals surface area contributed by atoms with Crippen molar-refractivity contribution >= 4 is 24.0 Å². The molecule has 2 bridgehead atoms. The summed E-state index contributed by atoms with van der Waals surface area (Å²) in [5.41, 5.74) is 5.56. The van der Waals surface area contributed by atoms with Gasteiger partial charge in [0.1, 0.15) is 23.7 Å². The van der Waals surface area contributed by atoms with Gasteiger partial charge in [-0.3, -0.25) is 9.59 Å². The van der Waals surface area contributed by atoms with Gasteiger partial charge < -0.3 is 39.9 Å². The lowest BCUT2D eigenvalue weighted by atomic mass is 9.97. The predicted octanol–water partition coefficient (Wildman–Crippen LogP) is 2.81. The third-order valence-corrected chi connectivity index (χ3v) is 12.0. The van der Waals surface area contributed by atoms with E-state index >= 15 is 0 Å². The summed E-state index contributed by atoms with van der Waals surface area (Å²) in [4.78, 5) is 72.2. The number of nitrogens with one attached hydrogen (secondary N) is 6. The van der Waals surface area contributed by atoms with Gasteiger partial charge in [0, 0.05) is 25.4 Å². The molecule has 2 saturated heterocycles. The Balaban J connectivity index is 0.863. The number of piperidine rings is 1. The van der Waals surface area contributed by atoms with E-state index in [1.165, 1.54) is 14.2 Å². The number of amides is 4. The Morgan fingerprint density at radius 1 is 0.710 bits per heavy atom. The third-order valence-electron chi connectivity index (χ3n) is 12.0. The van der Waals surface area contributed by atoms with Gasteiger partial charge in [0.2, 0.25) is 11.8 Å². The van der Waals surface area contributed by atoms with Crippen LogP contribution in [0.2, 0.25) is 0 Å². The number of carbonyl (C=O) groups is 4. The van der Waals surface area contributed by atoms with E-state index in [-0.39, 0.29) is 54.5 Å². The van der Waals surface area contributed by atoms with Crippen LogP contribution in [0.1, 0.15) is 67.5 Å². The number of fused-ring (bicyclic) bond motifs is 2. The van der Waals surface area contributed by atoms with E-state index in [4.69, 9.17) is 14.5 Å². The van der Waals surface area contributed by atoms with Crippen molar-refractivity contribution in [3.63, 3.8) is 0 Å². The Labute approximate surface area is 353 Å². The Hall–Kier alpha value is -7.52. The first-order chi connectivity index (χ1) is 30.3.